The van der Waals surface area contributed by atoms with Gasteiger partial charge in [-0.25, -0.2) is 15.8 Å². The molecule has 0 saturated carbocycles. The number of nitrogens with one attached hydrogen (secondary N) is 1. The Bertz CT molecular complexity index is 455. The highest BCUT2D eigenvalue weighted by molar-refractivity contribution is 5.49. The molecule has 1 aromatic rings. The molecule has 9 heteroatoms. The largest absolute Gasteiger partial charge is 0.451 e. The molecule has 0 amide bonds. The normalized spacial score (nSPS) is 13.1. The highest BCUT2D eigenvalue weighted by Gasteiger charge is 2.36. The zero-order chi connectivity index (χ0) is 16.0. The van der Waals surface area contributed by atoms with Gasteiger partial charge in [-0.3, -0.25) is 0 Å². The lowest BCUT2D eigenvalue weighted by molar-refractivity contribution is -0.144. The van der Waals surface area contributed by atoms with Crippen molar-refractivity contribution in [1.29, 1.82) is 0 Å². The Balaban J connectivity index is 3.22. The van der Waals surface area contributed by atoms with E-state index < -0.39 is 12.0 Å². The van der Waals surface area contributed by atoms with Crippen molar-refractivity contribution in [2.45, 2.75) is 32.5 Å². The van der Waals surface area contributed by atoms with Crippen LogP contribution in [0.4, 0.5) is 24.8 Å². The average molecular weight is 307 g/mol. The molecule has 1 heterocycles. The molecule has 0 saturated heterocycles. The van der Waals surface area contributed by atoms with E-state index in [0.29, 0.717) is 13.2 Å². The number of hydrogen-bond donors (Lipinski definition) is 2. The summed E-state index contributed by atoms with van der Waals surface area (Å²) >= 11 is 0. The number of halogens is 3. The number of hydrogen-bond acceptors (Lipinski definition) is 6. The molecule has 0 aliphatic rings. The van der Waals surface area contributed by atoms with Crippen LogP contribution in [0.5, 0.6) is 0 Å². The first-order chi connectivity index (χ1) is 9.83. The van der Waals surface area contributed by atoms with Crippen LogP contribution in [0.3, 0.4) is 0 Å². The molecule has 0 aromatic carbocycles. The van der Waals surface area contributed by atoms with Gasteiger partial charge in [0.25, 0.3) is 0 Å². The molecule has 0 spiro atoms. The van der Waals surface area contributed by atoms with Gasteiger partial charge in [-0.2, -0.15) is 13.2 Å². The van der Waals surface area contributed by atoms with Gasteiger partial charge >= 0.3 is 6.18 Å². The van der Waals surface area contributed by atoms with Crippen LogP contribution in [-0.2, 0) is 10.9 Å². The van der Waals surface area contributed by atoms with Gasteiger partial charge in [0.2, 0.25) is 5.82 Å². The zero-order valence-corrected chi connectivity index (χ0v) is 12.2. The fourth-order valence-electron chi connectivity index (χ4n) is 1.75. The molecule has 1 aromatic heterocycles. The van der Waals surface area contributed by atoms with E-state index in [0.717, 1.165) is 6.42 Å². The molecule has 1 rings (SSSR count). The number of hydrazine groups is 1. The molecule has 0 bridgehead atoms. The van der Waals surface area contributed by atoms with Crippen molar-refractivity contribution in [3.63, 3.8) is 0 Å². The van der Waals surface area contributed by atoms with Crippen LogP contribution >= 0.6 is 0 Å². The summed E-state index contributed by atoms with van der Waals surface area (Å²) in [6.45, 7) is 4.64. The molecular formula is C12H20F3N5O. The Labute approximate surface area is 121 Å². The highest BCUT2D eigenvalue weighted by Crippen LogP contribution is 2.29. The Morgan fingerprint density at radius 1 is 1.43 bits per heavy atom. The number of aromatic nitrogens is 2. The fraction of sp³-hybridized carbons (Fsp3) is 0.667. The first-order valence-electron chi connectivity index (χ1n) is 6.52. The number of nitrogens with two attached hydrogens (primary N) is 1. The van der Waals surface area contributed by atoms with E-state index in [4.69, 9.17) is 10.6 Å². The lowest BCUT2D eigenvalue weighted by Crippen LogP contribution is -2.36. The standard InChI is InChI=1S/C12H20F3N5O/c1-4-8(2)20(5-6-21-3)10-7-9(19-16)17-11(18-10)12(13,14)15/h7-8H,4-6,16H2,1-3H3,(H,17,18,19). The van der Waals surface area contributed by atoms with Gasteiger partial charge in [-0.1, -0.05) is 6.92 Å². The summed E-state index contributed by atoms with van der Waals surface area (Å²) in [5.74, 6) is 4.04. The summed E-state index contributed by atoms with van der Waals surface area (Å²) in [5.41, 5.74) is 2.14. The maximum absolute atomic E-state index is 12.8. The first-order valence-corrected chi connectivity index (χ1v) is 6.52. The van der Waals surface area contributed by atoms with Crippen LogP contribution < -0.4 is 16.2 Å². The number of nitrogens with zero attached hydrogens (tertiary/aromatic N) is 3. The van der Waals surface area contributed by atoms with E-state index >= 15 is 0 Å². The smallest absolute Gasteiger partial charge is 0.383 e. The van der Waals surface area contributed by atoms with E-state index in [9.17, 15) is 13.2 Å². The van der Waals surface area contributed by atoms with Crippen LogP contribution in [0, 0.1) is 0 Å². The Hall–Kier alpha value is -1.61. The van der Waals surface area contributed by atoms with Crippen LogP contribution in [0.2, 0.25) is 0 Å². The summed E-state index contributed by atoms with van der Waals surface area (Å²) in [4.78, 5) is 8.69. The molecule has 1 atom stereocenters. The summed E-state index contributed by atoms with van der Waals surface area (Å²) < 4.78 is 43.5. The summed E-state index contributed by atoms with van der Waals surface area (Å²) in [7, 11) is 1.53. The lowest BCUT2D eigenvalue weighted by Gasteiger charge is -2.30. The predicted octanol–water partition coefficient (Wildman–Crippen LogP) is 2.03. The van der Waals surface area contributed by atoms with Crippen LogP contribution in [0.15, 0.2) is 6.07 Å². The third kappa shape index (κ3) is 4.71. The van der Waals surface area contributed by atoms with Gasteiger partial charge in [-0.05, 0) is 13.3 Å². The van der Waals surface area contributed by atoms with Crippen LogP contribution in [0.1, 0.15) is 26.1 Å². The molecule has 21 heavy (non-hydrogen) atoms. The number of ether oxygens (including phenoxy) is 1. The molecule has 0 aliphatic heterocycles. The third-order valence-electron chi connectivity index (χ3n) is 3.07. The Kier molecular flexibility index (Phi) is 6.16. The van der Waals surface area contributed by atoms with E-state index in [1.165, 1.54) is 13.2 Å². The van der Waals surface area contributed by atoms with Crippen molar-refractivity contribution < 1.29 is 17.9 Å². The maximum atomic E-state index is 12.8. The summed E-state index contributed by atoms with van der Waals surface area (Å²) in [6.07, 6.45) is -3.88. The quantitative estimate of drug-likeness (QED) is 0.593. The van der Waals surface area contributed by atoms with Crippen molar-refractivity contribution >= 4 is 11.6 Å². The van der Waals surface area contributed by atoms with Crippen LogP contribution in [0.25, 0.3) is 0 Å². The van der Waals surface area contributed by atoms with Gasteiger partial charge in [0.1, 0.15) is 11.6 Å². The van der Waals surface area contributed by atoms with E-state index in [-0.39, 0.29) is 17.7 Å². The number of methoxy groups -OCH3 is 1. The number of rotatable bonds is 7. The zero-order valence-electron chi connectivity index (χ0n) is 12.2. The second-order valence-corrected chi connectivity index (χ2v) is 4.52. The minimum absolute atomic E-state index is 0.00163. The van der Waals surface area contributed by atoms with Crippen molar-refractivity contribution in [1.82, 2.24) is 9.97 Å². The molecule has 0 aliphatic carbocycles. The Morgan fingerprint density at radius 3 is 2.57 bits per heavy atom. The number of anilines is 2. The Morgan fingerprint density at radius 2 is 2.10 bits per heavy atom. The summed E-state index contributed by atoms with van der Waals surface area (Å²) in [5, 5.41) is 0. The predicted molar refractivity (Wildman–Crippen MR) is 73.8 cm³/mol. The van der Waals surface area contributed by atoms with Crippen molar-refractivity contribution in [2.24, 2.45) is 5.84 Å². The number of alkyl halides is 3. The van der Waals surface area contributed by atoms with Crippen LogP contribution in [-0.4, -0.2) is 36.3 Å². The second-order valence-electron chi connectivity index (χ2n) is 4.52. The molecule has 3 N–H and O–H groups in total. The lowest BCUT2D eigenvalue weighted by atomic mass is 10.2. The summed E-state index contributed by atoms with van der Waals surface area (Å²) in [6, 6.07) is 1.39. The topological polar surface area (TPSA) is 76.3 Å². The maximum Gasteiger partial charge on any atom is 0.451 e. The van der Waals surface area contributed by atoms with Crippen molar-refractivity contribution in [3.8, 4) is 0 Å². The van der Waals surface area contributed by atoms with Gasteiger partial charge in [0.15, 0.2) is 0 Å². The van der Waals surface area contributed by atoms with Gasteiger partial charge in [0, 0.05) is 25.8 Å². The first kappa shape index (κ1) is 17.4. The van der Waals surface area contributed by atoms with Crippen molar-refractivity contribution in [3.05, 3.63) is 11.9 Å². The molecule has 6 nitrogen and oxygen atoms in total. The minimum atomic E-state index is -4.63. The minimum Gasteiger partial charge on any atom is -0.383 e. The SMILES string of the molecule is CCC(C)N(CCOC)c1cc(NN)nc(C(F)(F)F)n1. The number of nitrogen functional groups attached to an aromatic ring is 1. The highest BCUT2D eigenvalue weighted by atomic mass is 19.4. The monoisotopic (exact) mass is 307 g/mol. The van der Waals surface area contributed by atoms with Crippen molar-refractivity contribution in [2.75, 3.05) is 30.6 Å². The van der Waals surface area contributed by atoms with Gasteiger partial charge in [-0.15, -0.1) is 0 Å². The molecule has 0 fully saturated rings. The average Bonchev–Trinajstić information content (AvgIpc) is 2.46. The molecule has 120 valence electrons. The van der Waals surface area contributed by atoms with E-state index in [1.54, 1.807) is 4.90 Å². The third-order valence-corrected chi connectivity index (χ3v) is 3.07. The molecule has 0 radical (unpaired) electrons. The van der Waals surface area contributed by atoms with E-state index in [2.05, 4.69) is 15.4 Å². The molecular weight excluding hydrogens is 287 g/mol. The van der Waals surface area contributed by atoms with Gasteiger partial charge < -0.3 is 15.1 Å². The fourth-order valence-corrected chi connectivity index (χ4v) is 1.75. The second kappa shape index (κ2) is 7.41. The van der Waals surface area contributed by atoms with E-state index in [1.807, 2.05) is 13.8 Å². The molecule has 1 unspecified atom stereocenters. The van der Waals surface area contributed by atoms with Gasteiger partial charge in [0.05, 0.1) is 6.61 Å².